The molecule has 1 fully saturated rings. The van der Waals surface area contributed by atoms with Gasteiger partial charge in [0.25, 0.3) is 0 Å². The number of methoxy groups -OCH3 is 1. The zero-order chi connectivity index (χ0) is 13.1. The molecule has 2 rings (SSSR count). The summed E-state index contributed by atoms with van der Waals surface area (Å²) in [6, 6.07) is 5.76. The fourth-order valence-corrected chi connectivity index (χ4v) is 2.65. The fourth-order valence-electron chi connectivity index (χ4n) is 2.40. The van der Waals surface area contributed by atoms with E-state index >= 15 is 0 Å². The highest BCUT2D eigenvalue weighted by Crippen LogP contribution is 2.32. The van der Waals surface area contributed by atoms with E-state index in [9.17, 15) is 4.79 Å². The third kappa shape index (κ3) is 2.61. The summed E-state index contributed by atoms with van der Waals surface area (Å²) in [5.74, 6) is 1.22. The van der Waals surface area contributed by atoms with Crippen LogP contribution in [-0.2, 0) is 4.79 Å². The Bertz CT molecular complexity index is 447. The van der Waals surface area contributed by atoms with Crippen molar-refractivity contribution in [2.24, 2.45) is 5.92 Å². The Labute approximate surface area is 113 Å². The Morgan fingerprint density at radius 3 is 2.94 bits per heavy atom. The molecule has 0 aromatic heterocycles. The van der Waals surface area contributed by atoms with E-state index in [1.807, 2.05) is 25.1 Å². The van der Waals surface area contributed by atoms with E-state index in [4.69, 9.17) is 16.3 Å². The number of benzene rings is 1. The highest BCUT2D eigenvalue weighted by Gasteiger charge is 2.27. The molecule has 3 nitrogen and oxygen atoms in total. The Hall–Kier alpha value is -1.22. The van der Waals surface area contributed by atoms with Gasteiger partial charge in [-0.1, -0.05) is 18.5 Å². The number of carbonyl (C=O) groups excluding carboxylic acids is 1. The molecule has 1 heterocycles. The maximum atomic E-state index is 11.7. The summed E-state index contributed by atoms with van der Waals surface area (Å²) in [7, 11) is 1.60. The average molecular weight is 268 g/mol. The van der Waals surface area contributed by atoms with E-state index in [2.05, 4.69) is 4.90 Å². The number of ether oxygens (including phenoxy) is 1. The van der Waals surface area contributed by atoms with Crippen molar-refractivity contribution in [3.63, 3.8) is 0 Å². The average Bonchev–Trinajstić information content (AvgIpc) is 2.87. The van der Waals surface area contributed by atoms with Gasteiger partial charge in [-0.25, -0.2) is 0 Å². The number of carbonyl (C=O) groups is 1. The van der Waals surface area contributed by atoms with Gasteiger partial charge in [0.05, 0.1) is 12.1 Å². The minimum atomic E-state index is 0.177. The summed E-state index contributed by atoms with van der Waals surface area (Å²) in [4.78, 5) is 13.9. The van der Waals surface area contributed by atoms with Crippen molar-refractivity contribution in [3.8, 4) is 5.75 Å². The molecule has 0 aliphatic carbocycles. The molecule has 18 heavy (non-hydrogen) atoms. The first-order valence-electron chi connectivity index (χ1n) is 6.27. The van der Waals surface area contributed by atoms with Gasteiger partial charge in [-0.3, -0.25) is 4.79 Å². The molecule has 1 aromatic carbocycles. The first kappa shape index (κ1) is 13.2. The molecule has 1 aliphatic heterocycles. The number of nitrogens with zero attached hydrogens (tertiary/aromatic N) is 1. The first-order valence-corrected chi connectivity index (χ1v) is 6.64. The number of halogens is 1. The Kier molecular flexibility index (Phi) is 4.12. The van der Waals surface area contributed by atoms with Crippen molar-refractivity contribution in [2.45, 2.75) is 19.8 Å². The Morgan fingerprint density at radius 2 is 2.33 bits per heavy atom. The van der Waals surface area contributed by atoms with Gasteiger partial charge in [-0.15, -0.1) is 0 Å². The molecule has 1 unspecified atom stereocenters. The third-order valence-corrected chi connectivity index (χ3v) is 3.79. The van der Waals surface area contributed by atoms with E-state index in [1.165, 1.54) is 0 Å². The smallest absolute Gasteiger partial charge is 0.137 e. The van der Waals surface area contributed by atoms with E-state index in [1.54, 1.807) is 7.11 Å². The number of hydrogen-bond donors (Lipinski definition) is 0. The Morgan fingerprint density at radius 1 is 1.56 bits per heavy atom. The summed E-state index contributed by atoms with van der Waals surface area (Å²) in [6.07, 6.45) is 1.57. The lowest BCUT2D eigenvalue weighted by atomic mass is 10.0. The quantitative estimate of drug-likeness (QED) is 0.839. The van der Waals surface area contributed by atoms with Gasteiger partial charge in [-0.05, 0) is 24.6 Å². The van der Waals surface area contributed by atoms with Crippen molar-refractivity contribution in [1.29, 1.82) is 0 Å². The standard InChI is InChI=1S/C14H18ClNO2/c1-3-13(17)10-6-7-16(9-10)11-4-5-14(18-2)12(15)8-11/h4-5,8,10H,3,6-7,9H2,1-2H3. The highest BCUT2D eigenvalue weighted by atomic mass is 35.5. The molecule has 1 atom stereocenters. The number of anilines is 1. The van der Waals surface area contributed by atoms with E-state index < -0.39 is 0 Å². The largest absolute Gasteiger partial charge is 0.495 e. The van der Waals surface area contributed by atoms with Crippen molar-refractivity contribution < 1.29 is 9.53 Å². The number of rotatable bonds is 4. The molecule has 0 amide bonds. The van der Waals surface area contributed by atoms with Crippen molar-refractivity contribution in [2.75, 3.05) is 25.1 Å². The molecule has 0 radical (unpaired) electrons. The normalized spacial score (nSPS) is 19.1. The van der Waals surface area contributed by atoms with Gasteiger partial charge in [0.1, 0.15) is 11.5 Å². The highest BCUT2D eigenvalue weighted by molar-refractivity contribution is 6.32. The minimum Gasteiger partial charge on any atom is -0.495 e. The first-order chi connectivity index (χ1) is 8.65. The summed E-state index contributed by atoms with van der Waals surface area (Å²) in [6.45, 7) is 3.64. The number of Topliss-reactive ketones (excluding diaryl/α,β-unsaturated/α-hetero) is 1. The summed E-state index contributed by atoms with van der Waals surface area (Å²) < 4.78 is 5.13. The molecular weight excluding hydrogens is 250 g/mol. The van der Waals surface area contributed by atoms with Crippen LogP contribution in [0, 0.1) is 5.92 Å². The zero-order valence-electron chi connectivity index (χ0n) is 10.8. The van der Waals surface area contributed by atoms with E-state index in [-0.39, 0.29) is 5.92 Å². The van der Waals surface area contributed by atoms with Crippen LogP contribution in [0.3, 0.4) is 0 Å². The SMILES string of the molecule is CCC(=O)C1CCN(c2ccc(OC)c(Cl)c2)C1. The van der Waals surface area contributed by atoms with Crippen LogP contribution in [0.1, 0.15) is 19.8 Å². The van der Waals surface area contributed by atoms with E-state index in [0.717, 1.165) is 25.2 Å². The van der Waals surface area contributed by atoms with Crippen LogP contribution in [0.4, 0.5) is 5.69 Å². The van der Waals surface area contributed by atoms with Gasteiger partial charge >= 0.3 is 0 Å². The van der Waals surface area contributed by atoms with Gasteiger partial charge < -0.3 is 9.64 Å². The summed E-state index contributed by atoms with van der Waals surface area (Å²) in [5.41, 5.74) is 1.06. The van der Waals surface area contributed by atoms with Crippen molar-refractivity contribution >= 4 is 23.1 Å². The molecule has 0 bridgehead atoms. The lowest BCUT2D eigenvalue weighted by Crippen LogP contribution is -2.22. The molecule has 4 heteroatoms. The molecule has 0 N–H and O–H groups in total. The van der Waals surface area contributed by atoms with Crippen molar-refractivity contribution in [1.82, 2.24) is 0 Å². The summed E-state index contributed by atoms with van der Waals surface area (Å²) in [5, 5.41) is 0.611. The van der Waals surface area contributed by atoms with Crippen molar-refractivity contribution in [3.05, 3.63) is 23.2 Å². The van der Waals surface area contributed by atoms with Gasteiger partial charge in [0.15, 0.2) is 0 Å². The fraction of sp³-hybridized carbons (Fsp3) is 0.500. The maximum Gasteiger partial charge on any atom is 0.137 e. The second-order valence-corrected chi connectivity index (χ2v) is 4.98. The van der Waals surface area contributed by atoms with Crippen LogP contribution < -0.4 is 9.64 Å². The van der Waals surface area contributed by atoms with E-state index in [0.29, 0.717) is 23.0 Å². The number of hydrogen-bond acceptors (Lipinski definition) is 3. The second-order valence-electron chi connectivity index (χ2n) is 4.57. The topological polar surface area (TPSA) is 29.5 Å². The van der Waals surface area contributed by atoms with Gasteiger partial charge in [0, 0.05) is 31.1 Å². The zero-order valence-corrected chi connectivity index (χ0v) is 11.5. The lowest BCUT2D eigenvalue weighted by Gasteiger charge is -2.19. The maximum absolute atomic E-state index is 11.7. The van der Waals surface area contributed by atoms with Crippen LogP contribution in [0.25, 0.3) is 0 Å². The molecule has 0 spiro atoms. The number of ketones is 1. The molecule has 1 aromatic rings. The molecular formula is C14H18ClNO2. The third-order valence-electron chi connectivity index (χ3n) is 3.49. The molecule has 0 saturated carbocycles. The second kappa shape index (κ2) is 5.61. The minimum absolute atomic E-state index is 0.177. The molecule has 1 aliphatic rings. The van der Waals surface area contributed by atoms with Gasteiger partial charge in [0.2, 0.25) is 0 Å². The summed E-state index contributed by atoms with van der Waals surface area (Å²) >= 11 is 6.12. The molecule has 98 valence electrons. The van der Waals surface area contributed by atoms with Crippen LogP contribution in [0.5, 0.6) is 5.75 Å². The molecule has 1 saturated heterocycles. The Balaban J connectivity index is 2.10. The van der Waals surface area contributed by atoms with Crippen LogP contribution >= 0.6 is 11.6 Å². The lowest BCUT2D eigenvalue weighted by molar-refractivity contribution is -0.121. The van der Waals surface area contributed by atoms with Crippen LogP contribution in [0.2, 0.25) is 5.02 Å². The predicted octanol–water partition coefficient (Wildman–Crippen LogP) is 3.15. The van der Waals surface area contributed by atoms with Crippen LogP contribution in [-0.4, -0.2) is 26.0 Å². The predicted molar refractivity (Wildman–Crippen MR) is 73.6 cm³/mol. The van der Waals surface area contributed by atoms with Gasteiger partial charge in [-0.2, -0.15) is 0 Å². The monoisotopic (exact) mass is 267 g/mol. The van der Waals surface area contributed by atoms with Crippen LogP contribution in [0.15, 0.2) is 18.2 Å².